The molecule has 112 valence electrons. The molecule has 1 aromatic carbocycles. The largest absolute Gasteiger partial charge is 0.361 e. The average molecular weight is 305 g/mol. The highest BCUT2D eigenvalue weighted by Crippen LogP contribution is 2.32. The second-order valence-corrected chi connectivity index (χ2v) is 6.15. The van der Waals surface area contributed by atoms with Gasteiger partial charge in [0.05, 0.1) is 17.3 Å². The standard InChI is InChI=1S/C16H21ClN4/c1-12(2)19-10-13-4-3-5-14(17)16(13)21-9-8-20-7-6-18-15(20)11-21/h3-7,12,19H,8-11H2,1-2H3. The minimum atomic E-state index is 0.456. The number of nitrogens with zero attached hydrogens (tertiary/aromatic N) is 3. The van der Waals surface area contributed by atoms with Gasteiger partial charge in [0.25, 0.3) is 0 Å². The molecule has 2 aromatic rings. The number of aromatic nitrogens is 2. The van der Waals surface area contributed by atoms with Crippen molar-refractivity contribution in [3.05, 3.63) is 47.0 Å². The Morgan fingerprint density at radius 1 is 1.33 bits per heavy atom. The Morgan fingerprint density at radius 3 is 3.00 bits per heavy atom. The highest BCUT2D eigenvalue weighted by Gasteiger charge is 2.21. The van der Waals surface area contributed by atoms with Crippen molar-refractivity contribution in [3.8, 4) is 0 Å². The topological polar surface area (TPSA) is 33.1 Å². The van der Waals surface area contributed by atoms with Crippen LogP contribution in [-0.4, -0.2) is 22.1 Å². The smallest absolute Gasteiger partial charge is 0.128 e. The minimum Gasteiger partial charge on any atom is -0.361 e. The molecule has 0 spiro atoms. The number of nitrogens with one attached hydrogen (secondary N) is 1. The van der Waals surface area contributed by atoms with Crippen molar-refractivity contribution in [2.24, 2.45) is 0 Å². The van der Waals surface area contributed by atoms with Gasteiger partial charge < -0.3 is 14.8 Å². The highest BCUT2D eigenvalue weighted by molar-refractivity contribution is 6.33. The number of halogens is 1. The lowest BCUT2D eigenvalue weighted by Crippen LogP contribution is -2.35. The number of fused-ring (bicyclic) bond motifs is 1. The quantitative estimate of drug-likeness (QED) is 0.942. The van der Waals surface area contributed by atoms with Crippen LogP contribution in [0.1, 0.15) is 25.2 Å². The van der Waals surface area contributed by atoms with Gasteiger partial charge in [0.1, 0.15) is 5.82 Å². The first-order valence-electron chi connectivity index (χ1n) is 7.41. The fraction of sp³-hybridized carbons (Fsp3) is 0.438. The van der Waals surface area contributed by atoms with Gasteiger partial charge >= 0.3 is 0 Å². The number of hydrogen-bond donors (Lipinski definition) is 1. The number of rotatable bonds is 4. The van der Waals surface area contributed by atoms with E-state index in [1.807, 2.05) is 24.5 Å². The van der Waals surface area contributed by atoms with E-state index in [-0.39, 0.29) is 0 Å². The molecule has 0 saturated heterocycles. The summed E-state index contributed by atoms with van der Waals surface area (Å²) >= 11 is 6.48. The summed E-state index contributed by atoms with van der Waals surface area (Å²) < 4.78 is 2.21. The molecule has 5 heteroatoms. The van der Waals surface area contributed by atoms with Crippen LogP contribution in [-0.2, 0) is 19.6 Å². The molecule has 0 aliphatic carbocycles. The molecule has 0 bridgehead atoms. The molecule has 1 aliphatic heterocycles. The maximum Gasteiger partial charge on any atom is 0.128 e. The van der Waals surface area contributed by atoms with Crippen LogP contribution in [0.4, 0.5) is 5.69 Å². The lowest BCUT2D eigenvalue weighted by Gasteiger charge is -2.32. The van der Waals surface area contributed by atoms with Crippen LogP contribution >= 0.6 is 11.6 Å². The summed E-state index contributed by atoms with van der Waals surface area (Å²) in [4.78, 5) is 6.76. The molecule has 0 radical (unpaired) electrons. The number of anilines is 1. The fourth-order valence-electron chi connectivity index (χ4n) is 2.74. The van der Waals surface area contributed by atoms with Gasteiger partial charge in [-0.2, -0.15) is 0 Å². The van der Waals surface area contributed by atoms with Crippen LogP contribution in [0.2, 0.25) is 5.02 Å². The SMILES string of the molecule is CC(C)NCc1cccc(Cl)c1N1CCn2ccnc2C1. The van der Waals surface area contributed by atoms with Gasteiger partial charge in [-0.05, 0) is 11.6 Å². The van der Waals surface area contributed by atoms with Gasteiger partial charge in [-0.15, -0.1) is 0 Å². The summed E-state index contributed by atoms with van der Waals surface area (Å²) in [7, 11) is 0. The maximum atomic E-state index is 6.48. The van der Waals surface area contributed by atoms with Gasteiger partial charge in [0, 0.05) is 38.1 Å². The van der Waals surface area contributed by atoms with Crippen LogP contribution in [0.15, 0.2) is 30.6 Å². The molecule has 0 fully saturated rings. The third kappa shape index (κ3) is 3.06. The molecule has 0 saturated carbocycles. The van der Waals surface area contributed by atoms with E-state index in [2.05, 4.69) is 39.7 Å². The van der Waals surface area contributed by atoms with Crippen LogP contribution in [0.25, 0.3) is 0 Å². The van der Waals surface area contributed by atoms with E-state index in [0.29, 0.717) is 6.04 Å². The summed E-state index contributed by atoms with van der Waals surface area (Å²) in [6.07, 6.45) is 3.91. The van der Waals surface area contributed by atoms with E-state index in [4.69, 9.17) is 11.6 Å². The predicted molar refractivity (Wildman–Crippen MR) is 86.7 cm³/mol. The molecule has 2 heterocycles. The molecule has 4 nitrogen and oxygen atoms in total. The second-order valence-electron chi connectivity index (χ2n) is 5.74. The molecule has 3 rings (SSSR count). The first-order valence-corrected chi connectivity index (χ1v) is 7.78. The Labute approximate surface area is 130 Å². The van der Waals surface area contributed by atoms with Crippen molar-refractivity contribution in [1.29, 1.82) is 0 Å². The molecule has 1 aromatic heterocycles. The first-order chi connectivity index (χ1) is 10.1. The zero-order valence-corrected chi connectivity index (χ0v) is 13.3. The number of imidazole rings is 1. The van der Waals surface area contributed by atoms with E-state index in [1.54, 1.807) is 0 Å². The highest BCUT2D eigenvalue weighted by atomic mass is 35.5. The average Bonchev–Trinajstić information content (AvgIpc) is 2.92. The molecular weight excluding hydrogens is 284 g/mol. The summed E-state index contributed by atoms with van der Waals surface area (Å²) in [5, 5.41) is 4.29. The van der Waals surface area contributed by atoms with Crippen molar-refractivity contribution < 1.29 is 0 Å². The van der Waals surface area contributed by atoms with Crippen molar-refractivity contribution in [2.45, 2.75) is 39.5 Å². The van der Waals surface area contributed by atoms with Gasteiger partial charge in [0.15, 0.2) is 0 Å². The molecule has 0 unspecified atom stereocenters. The maximum absolute atomic E-state index is 6.48. The lowest BCUT2D eigenvalue weighted by molar-refractivity contribution is 0.553. The summed E-state index contributed by atoms with van der Waals surface area (Å²) in [6.45, 7) is 7.87. The Hall–Kier alpha value is -1.52. The van der Waals surface area contributed by atoms with E-state index in [9.17, 15) is 0 Å². The number of para-hydroxylation sites is 1. The van der Waals surface area contributed by atoms with E-state index in [0.717, 1.165) is 42.7 Å². The van der Waals surface area contributed by atoms with Gasteiger partial charge in [0.2, 0.25) is 0 Å². The Kier molecular flexibility index (Phi) is 4.17. The van der Waals surface area contributed by atoms with Gasteiger partial charge in [-0.1, -0.05) is 37.6 Å². The normalized spacial score (nSPS) is 14.6. The summed E-state index contributed by atoms with van der Waals surface area (Å²) in [5.74, 6) is 1.10. The van der Waals surface area contributed by atoms with Crippen LogP contribution < -0.4 is 10.2 Å². The fourth-order valence-corrected chi connectivity index (χ4v) is 3.05. The van der Waals surface area contributed by atoms with Crippen molar-refractivity contribution in [3.63, 3.8) is 0 Å². The summed E-state index contributed by atoms with van der Waals surface area (Å²) in [6, 6.07) is 6.60. The van der Waals surface area contributed by atoms with Crippen LogP contribution in [0.5, 0.6) is 0 Å². The van der Waals surface area contributed by atoms with E-state index in [1.165, 1.54) is 5.56 Å². The third-order valence-corrected chi connectivity index (χ3v) is 4.14. The third-order valence-electron chi connectivity index (χ3n) is 3.83. The molecular formula is C16H21ClN4. The number of benzene rings is 1. The van der Waals surface area contributed by atoms with Crippen LogP contribution in [0.3, 0.4) is 0 Å². The number of hydrogen-bond acceptors (Lipinski definition) is 3. The van der Waals surface area contributed by atoms with Gasteiger partial charge in [-0.3, -0.25) is 0 Å². The Balaban J connectivity index is 1.87. The monoisotopic (exact) mass is 304 g/mol. The molecule has 0 atom stereocenters. The zero-order chi connectivity index (χ0) is 14.8. The summed E-state index contributed by atoms with van der Waals surface area (Å²) in [5.41, 5.74) is 2.39. The molecule has 1 N–H and O–H groups in total. The van der Waals surface area contributed by atoms with Crippen molar-refractivity contribution >= 4 is 17.3 Å². The van der Waals surface area contributed by atoms with Crippen LogP contribution in [0, 0.1) is 0 Å². The molecule has 21 heavy (non-hydrogen) atoms. The lowest BCUT2D eigenvalue weighted by atomic mass is 10.1. The Morgan fingerprint density at radius 2 is 2.19 bits per heavy atom. The van der Waals surface area contributed by atoms with E-state index >= 15 is 0 Å². The van der Waals surface area contributed by atoms with Crippen molar-refractivity contribution in [1.82, 2.24) is 14.9 Å². The second kappa shape index (κ2) is 6.08. The first kappa shape index (κ1) is 14.4. The Bertz CT molecular complexity index is 620. The molecule has 0 amide bonds. The van der Waals surface area contributed by atoms with Crippen molar-refractivity contribution in [2.75, 3.05) is 11.4 Å². The minimum absolute atomic E-state index is 0.456. The predicted octanol–water partition coefficient (Wildman–Crippen LogP) is 3.05. The molecule has 1 aliphatic rings. The zero-order valence-electron chi connectivity index (χ0n) is 12.5. The van der Waals surface area contributed by atoms with Gasteiger partial charge in [-0.25, -0.2) is 4.98 Å². The van der Waals surface area contributed by atoms with E-state index < -0.39 is 0 Å².